The smallest absolute Gasteiger partial charge is 0.160 e. The molecular weight excluding hydrogens is 303 g/mol. The fourth-order valence-corrected chi connectivity index (χ4v) is 3.04. The number of halogens is 2. The average molecular weight is 313 g/mol. The third-order valence-electron chi connectivity index (χ3n) is 2.71. The van der Waals surface area contributed by atoms with E-state index >= 15 is 0 Å². The number of hydrogen-bond acceptors (Lipinski definition) is 4. The van der Waals surface area contributed by atoms with Gasteiger partial charge in [0.25, 0.3) is 0 Å². The number of aryl methyl sites for hydroxylation is 1. The lowest BCUT2D eigenvalue weighted by Gasteiger charge is -2.04. The number of nitrogens with zero attached hydrogens (tertiary/aromatic N) is 4. The lowest BCUT2D eigenvalue weighted by atomic mass is 10.4. The quantitative estimate of drug-likeness (QED) is 0.693. The van der Waals surface area contributed by atoms with Crippen molar-refractivity contribution >= 4 is 45.7 Å². The maximum Gasteiger partial charge on any atom is 0.160 e. The van der Waals surface area contributed by atoms with E-state index in [9.17, 15) is 0 Å². The Morgan fingerprint density at radius 2 is 2.16 bits per heavy atom. The summed E-state index contributed by atoms with van der Waals surface area (Å²) in [6.45, 7) is 2.67. The van der Waals surface area contributed by atoms with Crippen molar-refractivity contribution in [2.45, 2.75) is 19.3 Å². The van der Waals surface area contributed by atoms with E-state index in [1.54, 1.807) is 23.6 Å². The first-order chi connectivity index (χ1) is 9.17. The minimum Gasteiger partial charge on any atom is -0.305 e. The van der Waals surface area contributed by atoms with Crippen LogP contribution in [0.15, 0.2) is 18.5 Å². The normalized spacial score (nSPS) is 11.3. The van der Waals surface area contributed by atoms with Gasteiger partial charge < -0.3 is 4.57 Å². The van der Waals surface area contributed by atoms with Crippen LogP contribution in [-0.2, 0) is 12.4 Å². The van der Waals surface area contributed by atoms with Gasteiger partial charge in [-0.15, -0.1) is 22.9 Å². The van der Waals surface area contributed by atoms with Crippen LogP contribution in [0.5, 0.6) is 0 Å². The van der Waals surface area contributed by atoms with Crippen molar-refractivity contribution in [1.82, 2.24) is 19.5 Å². The highest BCUT2D eigenvalue weighted by Gasteiger charge is 2.13. The number of pyridine rings is 1. The number of imidazole rings is 1. The Labute approximate surface area is 124 Å². The zero-order valence-corrected chi connectivity index (χ0v) is 12.4. The number of alkyl halides is 1. The Bertz CT molecular complexity index is 734. The van der Waals surface area contributed by atoms with Gasteiger partial charge in [0.05, 0.1) is 17.4 Å². The zero-order valence-electron chi connectivity index (χ0n) is 10.1. The standard InChI is InChI=1S/C12H10Cl2N4S/c1-7-4-15-11(19-7)6-18-10(3-13)17-9-2-8(14)5-16-12(9)18/h2,4-5H,3,6H2,1H3. The number of rotatable bonds is 3. The molecule has 0 atom stereocenters. The van der Waals surface area contributed by atoms with Gasteiger partial charge in [-0.1, -0.05) is 11.6 Å². The molecule has 0 saturated carbocycles. The summed E-state index contributed by atoms with van der Waals surface area (Å²) in [5, 5.41) is 1.59. The molecule has 4 nitrogen and oxygen atoms in total. The first-order valence-electron chi connectivity index (χ1n) is 5.65. The summed E-state index contributed by atoms with van der Waals surface area (Å²) in [7, 11) is 0. The van der Waals surface area contributed by atoms with E-state index in [1.165, 1.54) is 4.88 Å². The van der Waals surface area contributed by atoms with Crippen molar-refractivity contribution in [2.75, 3.05) is 0 Å². The van der Waals surface area contributed by atoms with Gasteiger partial charge in [0.1, 0.15) is 16.3 Å². The van der Waals surface area contributed by atoms with Crippen molar-refractivity contribution in [2.24, 2.45) is 0 Å². The number of thiazole rings is 1. The second-order valence-electron chi connectivity index (χ2n) is 4.11. The topological polar surface area (TPSA) is 43.6 Å². The van der Waals surface area contributed by atoms with Gasteiger partial charge in [-0.2, -0.15) is 0 Å². The molecule has 3 heterocycles. The van der Waals surface area contributed by atoms with E-state index in [-0.39, 0.29) is 0 Å². The molecule has 3 rings (SSSR count). The highest BCUT2D eigenvalue weighted by atomic mass is 35.5. The summed E-state index contributed by atoms with van der Waals surface area (Å²) < 4.78 is 1.98. The molecule has 98 valence electrons. The zero-order chi connectivity index (χ0) is 13.4. The highest BCUT2D eigenvalue weighted by Crippen LogP contribution is 2.21. The van der Waals surface area contributed by atoms with Crippen LogP contribution in [0.4, 0.5) is 0 Å². The molecule has 0 spiro atoms. The summed E-state index contributed by atoms with van der Waals surface area (Å²) in [4.78, 5) is 14.3. The first kappa shape index (κ1) is 12.8. The summed E-state index contributed by atoms with van der Waals surface area (Å²) >= 11 is 13.5. The molecular formula is C12H10Cl2N4S. The van der Waals surface area contributed by atoms with Crippen LogP contribution in [-0.4, -0.2) is 19.5 Å². The molecule has 0 radical (unpaired) electrons. The fourth-order valence-electron chi connectivity index (χ4n) is 1.91. The minimum absolute atomic E-state index is 0.332. The lowest BCUT2D eigenvalue weighted by molar-refractivity contribution is 0.765. The molecule has 0 bridgehead atoms. The van der Waals surface area contributed by atoms with Crippen molar-refractivity contribution in [3.05, 3.63) is 39.2 Å². The van der Waals surface area contributed by atoms with Crippen molar-refractivity contribution in [3.8, 4) is 0 Å². The molecule has 0 N–H and O–H groups in total. The molecule has 3 aromatic heterocycles. The van der Waals surface area contributed by atoms with Crippen molar-refractivity contribution in [1.29, 1.82) is 0 Å². The van der Waals surface area contributed by atoms with Crippen LogP contribution in [0, 0.1) is 6.92 Å². The number of fused-ring (bicyclic) bond motifs is 1. The van der Waals surface area contributed by atoms with Gasteiger partial charge in [-0.25, -0.2) is 15.0 Å². The number of aromatic nitrogens is 4. The summed E-state index contributed by atoms with van der Waals surface area (Å²) in [5.41, 5.74) is 1.55. The van der Waals surface area contributed by atoms with Crippen LogP contribution in [0.3, 0.4) is 0 Å². The van der Waals surface area contributed by atoms with Crippen molar-refractivity contribution < 1.29 is 0 Å². The Morgan fingerprint density at radius 3 is 2.84 bits per heavy atom. The summed E-state index contributed by atoms with van der Waals surface area (Å²) in [6.07, 6.45) is 3.48. The Kier molecular flexibility index (Phi) is 3.43. The van der Waals surface area contributed by atoms with E-state index in [4.69, 9.17) is 23.2 Å². The predicted molar refractivity (Wildman–Crippen MR) is 78.0 cm³/mol. The van der Waals surface area contributed by atoms with E-state index < -0.39 is 0 Å². The number of hydrogen-bond donors (Lipinski definition) is 0. The third-order valence-corrected chi connectivity index (χ3v) is 4.06. The van der Waals surface area contributed by atoms with E-state index in [1.807, 2.05) is 17.7 Å². The second-order valence-corrected chi connectivity index (χ2v) is 6.13. The Hall–Kier alpha value is -1.17. The Balaban J connectivity index is 2.10. The largest absolute Gasteiger partial charge is 0.305 e. The molecule has 0 amide bonds. The van der Waals surface area contributed by atoms with Gasteiger partial charge in [-0.05, 0) is 13.0 Å². The monoisotopic (exact) mass is 312 g/mol. The van der Waals surface area contributed by atoms with E-state index in [2.05, 4.69) is 15.0 Å². The van der Waals surface area contributed by atoms with Crippen LogP contribution >= 0.6 is 34.5 Å². The van der Waals surface area contributed by atoms with Gasteiger partial charge >= 0.3 is 0 Å². The molecule has 0 saturated heterocycles. The van der Waals surface area contributed by atoms with Gasteiger partial charge in [0.2, 0.25) is 0 Å². The summed E-state index contributed by atoms with van der Waals surface area (Å²) in [6, 6.07) is 1.80. The third kappa shape index (κ3) is 2.45. The molecule has 7 heteroatoms. The van der Waals surface area contributed by atoms with Crippen LogP contribution in [0.2, 0.25) is 5.02 Å². The van der Waals surface area contributed by atoms with Crippen LogP contribution in [0.25, 0.3) is 11.2 Å². The molecule has 0 aliphatic heterocycles. The molecule has 0 aliphatic rings. The molecule has 3 aromatic rings. The Morgan fingerprint density at radius 1 is 1.32 bits per heavy atom. The minimum atomic E-state index is 0.332. The van der Waals surface area contributed by atoms with Gasteiger partial charge in [0.15, 0.2) is 5.65 Å². The molecule has 0 fully saturated rings. The lowest BCUT2D eigenvalue weighted by Crippen LogP contribution is -2.04. The SMILES string of the molecule is Cc1cnc(Cn2c(CCl)nc3cc(Cl)cnc32)s1. The molecule has 0 unspecified atom stereocenters. The van der Waals surface area contributed by atoms with Gasteiger partial charge in [-0.3, -0.25) is 0 Å². The summed E-state index contributed by atoms with van der Waals surface area (Å²) in [5.74, 6) is 1.11. The maximum atomic E-state index is 5.95. The predicted octanol–water partition coefficient (Wildman–Crippen LogP) is 3.64. The van der Waals surface area contributed by atoms with E-state index in [0.29, 0.717) is 17.4 Å². The first-order valence-corrected chi connectivity index (χ1v) is 7.38. The van der Waals surface area contributed by atoms with Crippen LogP contribution in [0.1, 0.15) is 15.7 Å². The average Bonchev–Trinajstić information content (AvgIpc) is 2.94. The van der Waals surface area contributed by atoms with Gasteiger partial charge in [0, 0.05) is 17.3 Å². The van der Waals surface area contributed by atoms with Crippen molar-refractivity contribution in [3.63, 3.8) is 0 Å². The van der Waals surface area contributed by atoms with Crippen LogP contribution < -0.4 is 0 Å². The molecule has 19 heavy (non-hydrogen) atoms. The fraction of sp³-hybridized carbons (Fsp3) is 0.250. The maximum absolute atomic E-state index is 5.95. The van der Waals surface area contributed by atoms with E-state index in [0.717, 1.165) is 22.0 Å². The molecule has 0 aromatic carbocycles. The molecule has 0 aliphatic carbocycles. The second kappa shape index (κ2) is 5.07. The highest BCUT2D eigenvalue weighted by molar-refractivity contribution is 7.11.